The number of hydrogen-bond donors (Lipinski definition) is 0. The molecule has 2 heterocycles. The normalized spacial score (nSPS) is 10.4. The molecule has 0 fully saturated rings. The lowest BCUT2D eigenvalue weighted by atomic mass is 10.0. The van der Waals surface area contributed by atoms with Crippen LogP contribution in [0.15, 0.2) is 103 Å². The van der Waals surface area contributed by atoms with Crippen LogP contribution in [0.25, 0.3) is 32.5 Å². The summed E-state index contributed by atoms with van der Waals surface area (Å²) < 4.78 is 0. The zero-order chi connectivity index (χ0) is 20.1. The van der Waals surface area contributed by atoms with Crippen LogP contribution in [0.4, 0.5) is 0 Å². The highest BCUT2D eigenvalue weighted by Crippen LogP contribution is 2.36. The van der Waals surface area contributed by atoms with Gasteiger partial charge in [-0.2, -0.15) is 0 Å². The topological polar surface area (TPSA) is 12.9 Å². The van der Waals surface area contributed by atoms with E-state index in [1.54, 1.807) is 0 Å². The number of aryl methyl sites for hydroxylation is 2. The molecule has 0 aliphatic carbocycles. The molecule has 0 saturated heterocycles. The van der Waals surface area contributed by atoms with Gasteiger partial charge in [-0.15, -0.1) is 11.3 Å². The van der Waals surface area contributed by atoms with E-state index in [-0.39, 0.29) is 0 Å². The van der Waals surface area contributed by atoms with Crippen molar-refractivity contribution in [1.29, 1.82) is 0 Å². The molecular formula is C27H23NS. The van der Waals surface area contributed by atoms with Gasteiger partial charge in [0.05, 0.1) is 5.52 Å². The third-order valence-electron chi connectivity index (χ3n) is 4.85. The van der Waals surface area contributed by atoms with Crippen molar-refractivity contribution in [3.63, 3.8) is 0 Å². The fourth-order valence-electron chi connectivity index (χ4n) is 3.21. The molecule has 5 rings (SSSR count). The number of nitrogens with zero attached hydrogens (tertiary/aromatic N) is 1. The summed E-state index contributed by atoms with van der Waals surface area (Å²) in [5.41, 5.74) is 7.59. The third-order valence-corrected chi connectivity index (χ3v) is 5.82. The Balaban J connectivity index is 0.000000171. The van der Waals surface area contributed by atoms with E-state index in [0.717, 1.165) is 5.52 Å². The van der Waals surface area contributed by atoms with Crippen molar-refractivity contribution in [3.8, 4) is 21.6 Å². The van der Waals surface area contributed by atoms with Gasteiger partial charge in [0.15, 0.2) is 0 Å². The minimum atomic E-state index is 1.06. The molecule has 0 atom stereocenters. The highest BCUT2D eigenvalue weighted by molar-refractivity contribution is 7.14. The highest BCUT2D eigenvalue weighted by atomic mass is 32.1. The van der Waals surface area contributed by atoms with Crippen molar-refractivity contribution in [2.45, 2.75) is 13.8 Å². The molecule has 0 amide bonds. The Kier molecular flexibility index (Phi) is 5.83. The van der Waals surface area contributed by atoms with E-state index < -0.39 is 0 Å². The maximum Gasteiger partial charge on any atom is 0.0701 e. The molecule has 0 aliphatic rings. The van der Waals surface area contributed by atoms with Crippen LogP contribution in [-0.4, -0.2) is 4.98 Å². The van der Waals surface area contributed by atoms with Gasteiger partial charge < -0.3 is 0 Å². The average Bonchev–Trinajstić information content (AvgIpc) is 3.25. The Morgan fingerprint density at radius 3 is 1.93 bits per heavy atom. The van der Waals surface area contributed by atoms with E-state index in [2.05, 4.69) is 90.9 Å². The number of rotatable bonds is 2. The predicted molar refractivity (Wildman–Crippen MR) is 126 cm³/mol. The smallest absolute Gasteiger partial charge is 0.0701 e. The molecule has 0 bridgehead atoms. The lowest BCUT2D eigenvalue weighted by molar-refractivity contribution is 1.41. The molecule has 3 aromatic carbocycles. The first-order valence-electron chi connectivity index (χ1n) is 9.72. The Morgan fingerprint density at radius 1 is 0.621 bits per heavy atom. The molecule has 5 aromatic rings. The molecule has 0 spiro atoms. The second-order valence-electron chi connectivity index (χ2n) is 7.09. The van der Waals surface area contributed by atoms with Crippen LogP contribution < -0.4 is 0 Å². The van der Waals surface area contributed by atoms with Crippen LogP contribution in [0.3, 0.4) is 0 Å². The van der Waals surface area contributed by atoms with E-state index >= 15 is 0 Å². The molecule has 0 radical (unpaired) electrons. The molecule has 142 valence electrons. The van der Waals surface area contributed by atoms with Crippen LogP contribution in [0.1, 0.15) is 11.1 Å². The van der Waals surface area contributed by atoms with Gasteiger partial charge in [0.1, 0.15) is 0 Å². The number of thiophene rings is 1. The van der Waals surface area contributed by atoms with Crippen molar-refractivity contribution < 1.29 is 0 Å². The Bertz CT molecular complexity index is 1080. The van der Waals surface area contributed by atoms with Crippen LogP contribution in [0, 0.1) is 13.8 Å². The van der Waals surface area contributed by atoms with Gasteiger partial charge in [-0.3, -0.25) is 4.98 Å². The lowest BCUT2D eigenvalue weighted by Crippen LogP contribution is -1.80. The van der Waals surface area contributed by atoms with Gasteiger partial charge in [0.25, 0.3) is 0 Å². The summed E-state index contributed by atoms with van der Waals surface area (Å²) in [5, 5.41) is 3.37. The first-order valence-corrected chi connectivity index (χ1v) is 10.6. The van der Waals surface area contributed by atoms with Gasteiger partial charge in [0, 0.05) is 22.0 Å². The van der Waals surface area contributed by atoms with Crippen LogP contribution >= 0.6 is 11.3 Å². The fourth-order valence-corrected chi connectivity index (χ4v) is 4.14. The standard InChI is InChI=1S/C18H16S.C9H7N/c1-13-3-7-15(8-4-13)17-11-12-19-18(17)16-9-5-14(2)6-10-16;1-2-6-9-8(4-1)5-3-7-10-9/h3-12H,1-2H3;1-7H. The SMILES string of the molecule is Cc1ccc(-c2ccsc2-c2ccc(C)cc2)cc1.c1ccc2ncccc2c1. The quantitative estimate of drug-likeness (QED) is 0.297. The summed E-state index contributed by atoms with van der Waals surface area (Å²) in [6, 6.07) is 31.8. The second-order valence-corrected chi connectivity index (χ2v) is 8.01. The van der Waals surface area contributed by atoms with Crippen molar-refractivity contribution in [2.75, 3.05) is 0 Å². The van der Waals surface area contributed by atoms with E-state index in [0.29, 0.717) is 0 Å². The summed E-state index contributed by atoms with van der Waals surface area (Å²) in [5.74, 6) is 0. The summed E-state index contributed by atoms with van der Waals surface area (Å²) in [7, 11) is 0. The first kappa shape index (κ1) is 19.1. The molecule has 2 aromatic heterocycles. The molecule has 1 nitrogen and oxygen atoms in total. The molecular weight excluding hydrogens is 370 g/mol. The van der Waals surface area contributed by atoms with Gasteiger partial charge in [0.2, 0.25) is 0 Å². The second kappa shape index (κ2) is 8.85. The Hall–Kier alpha value is -3.23. The van der Waals surface area contributed by atoms with Gasteiger partial charge in [-0.25, -0.2) is 0 Å². The van der Waals surface area contributed by atoms with E-state index in [1.165, 1.54) is 38.1 Å². The third kappa shape index (κ3) is 4.61. The van der Waals surface area contributed by atoms with E-state index in [4.69, 9.17) is 0 Å². The predicted octanol–water partition coefficient (Wildman–Crippen LogP) is 7.93. The molecule has 0 aliphatic heterocycles. The highest BCUT2D eigenvalue weighted by Gasteiger charge is 2.08. The zero-order valence-electron chi connectivity index (χ0n) is 16.7. The number of hydrogen-bond acceptors (Lipinski definition) is 2. The monoisotopic (exact) mass is 393 g/mol. The Morgan fingerprint density at radius 2 is 1.24 bits per heavy atom. The average molecular weight is 394 g/mol. The molecule has 29 heavy (non-hydrogen) atoms. The fraction of sp³-hybridized carbons (Fsp3) is 0.0741. The molecule has 0 saturated carbocycles. The molecule has 0 N–H and O–H groups in total. The summed E-state index contributed by atoms with van der Waals surface area (Å²) in [4.78, 5) is 5.53. The maximum absolute atomic E-state index is 4.18. The lowest BCUT2D eigenvalue weighted by Gasteiger charge is -2.05. The first-order chi connectivity index (χ1) is 14.2. The van der Waals surface area contributed by atoms with Crippen molar-refractivity contribution >= 4 is 22.2 Å². The summed E-state index contributed by atoms with van der Waals surface area (Å²) in [6.45, 7) is 4.25. The van der Waals surface area contributed by atoms with Gasteiger partial charge >= 0.3 is 0 Å². The molecule has 2 heteroatoms. The number of para-hydroxylation sites is 1. The minimum absolute atomic E-state index is 1.06. The largest absolute Gasteiger partial charge is 0.256 e. The minimum Gasteiger partial charge on any atom is -0.256 e. The van der Waals surface area contributed by atoms with Gasteiger partial charge in [-0.1, -0.05) is 83.9 Å². The summed E-state index contributed by atoms with van der Waals surface area (Å²) in [6.07, 6.45) is 1.81. The zero-order valence-corrected chi connectivity index (χ0v) is 17.5. The van der Waals surface area contributed by atoms with Crippen LogP contribution in [0.5, 0.6) is 0 Å². The van der Waals surface area contributed by atoms with Crippen LogP contribution in [0.2, 0.25) is 0 Å². The van der Waals surface area contributed by atoms with Crippen LogP contribution in [-0.2, 0) is 0 Å². The summed E-state index contributed by atoms with van der Waals surface area (Å²) >= 11 is 1.81. The van der Waals surface area contributed by atoms with E-state index in [1.807, 2.05) is 41.8 Å². The van der Waals surface area contributed by atoms with E-state index in [9.17, 15) is 0 Å². The number of aromatic nitrogens is 1. The molecule has 0 unspecified atom stereocenters. The van der Waals surface area contributed by atoms with Crippen molar-refractivity contribution in [1.82, 2.24) is 4.98 Å². The Labute approximate surface area is 176 Å². The number of fused-ring (bicyclic) bond motifs is 1. The van der Waals surface area contributed by atoms with Crippen molar-refractivity contribution in [3.05, 3.63) is 114 Å². The van der Waals surface area contributed by atoms with Gasteiger partial charge in [-0.05, 0) is 48.6 Å². The number of pyridine rings is 1. The number of benzene rings is 3. The maximum atomic E-state index is 4.18. The van der Waals surface area contributed by atoms with Crippen molar-refractivity contribution in [2.24, 2.45) is 0 Å².